The summed E-state index contributed by atoms with van der Waals surface area (Å²) in [4.78, 5) is 14.6. The molecule has 7 heteroatoms. The van der Waals surface area contributed by atoms with Gasteiger partial charge in [-0.25, -0.2) is 15.0 Å². The van der Waals surface area contributed by atoms with Crippen LogP contribution in [0.15, 0.2) is 12.1 Å². The highest BCUT2D eigenvalue weighted by Gasteiger charge is 2.20. The summed E-state index contributed by atoms with van der Waals surface area (Å²) in [6, 6.07) is 4.15. The fraction of sp³-hybridized carbons (Fsp3) is 0.609. The molecule has 0 saturated heterocycles. The fourth-order valence-corrected chi connectivity index (χ4v) is 3.17. The van der Waals surface area contributed by atoms with E-state index < -0.39 is 0 Å². The predicted molar refractivity (Wildman–Crippen MR) is 124 cm³/mol. The Morgan fingerprint density at radius 2 is 1.73 bits per heavy atom. The standard InChI is InChI=1S/C23H37N5O2/c1-8-16(9-2)30-23-22(24-6)28-20(18(10-3)27-23)17-11-12-19(15(4)5)26-21(17)25-13-14-29-7/h11-12,15-16H,8-10,13-14H2,1-7H3,(H,24,28)(H,25,26). The number of ether oxygens (including phenoxy) is 2. The minimum Gasteiger partial charge on any atom is -0.472 e. The first-order valence-electron chi connectivity index (χ1n) is 11.0. The highest BCUT2D eigenvalue weighted by molar-refractivity contribution is 5.76. The van der Waals surface area contributed by atoms with Crippen LogP contribution in [0.25, 0.3) is 11.3 Å². The van der Waals surface area contributed by atoms with Gasteiger partial charge in [0.25, 0.3) is 5.88 Å². The molecule has 0 aliphatic carbocycles. The molecule has 0 bridgehead atoms. The van der Waals surface area contributed by atoms with Crippen LogP contribution in [0.2, 0.25) is 0 Å². The second-order valence-electron chi connectivity index (χ2n) is 7.54. The van der Waals surface area contributed by atoms with Crippen LogP contribution < -0.4 is 15.4 Å². The molecule has 2 aromatic heterocycles. The van der Waals surface area contributed by atoms with Gasteiger partial charge in [0.15, 0.2) is 5.82 Å². The van der Waals surface area contributed by atoms with E-state index >= 15 is 0 Å². The SMILES string of the molecule is CCc1nc(OC(CC)CC)c(NC)nc1-c1ccc(C(C)C)nc1NCCOC. The van der Waals surface area contributed by atoms with Gasteiger partial charge in [-0.15, -0.1) is 0 Å². The zero-order valence-electron chi connectivity index (χ0n) is 19.5. The first-order chi connectivity index (χ1) is 14.5. The normalized spacial score (nSPS) is 11.2. The summed E-state index contributed by atoms with van der Waals surface area (Å²) in [6.07, 6.45) is 2.73. The van der Waals surface area contributed by atoms with Gasteiger partial charge in [0.2, 0.25) is 0 Å². The van der Waals surface area contributed by atoms with Gasteiger partial charge in [-0.1, -0.05) is 34.6 Å². The number of anilines is 2. The summed E-state index contributed by atoms with van der Waals surface area (Å²) < 4.78 is 11.3. The van der Waals surface area contributed by atoms with Crippen molar-refractivity contribution >= 4 is 11.6 Å². The monoisotopic (exact) mass is 415 g/mol. The lowest BCUT2D eigenvalue weighted by Gasteiger charge is -2.20. The number of methoxy groups -OCH3 is 1. The maximum absolute atomic E-state index is 6.14. The van der Waals surface area contributed by atoms with Gasteiger partial charge in [0.1, 0.15) is 11.9 Å². The van der Waals surface area contributed by atoms with E-state index in [0.717, 1.165) is 47.7 Å². The number of aromatic nitrogens is 3. The van der Waals surface area contributed by atoms with Crippen LogP contribution >= 0.6 is 0 Å². The lowest BCUT2D eigenvalue weighted by atomic mass is 10.0. The van der Waals surface area contributed by atoms with E-state index in [1.54, 1.807) is 7.11 Å². The smallest absolute Gasteiger partial charge is 0.257 e. The van der Waals surface area contributed by atoms with E-state index in [1.807, 2.05) is 7.05 Å². The third-order valence-electron chi connectivity index (χ3n) is 5.06. The topological polar surface area (TPSA) is 81.2 Å². The van der Waals surface area contributed by atoms with E-state index in [1.165, 1.54) is 0 Å². The van der Waals surface area contributed by atoms with Crippen molar-refractivity contribution in [1.29, 1.82) is 0 Å². The third-order valence-corrected chi connectivity index (χ3v) is 5.06. The number of aryl methyl sites for hydroxylation is 1. The van der Waals surface area contributed by atoms with E-state index in [-0.39, 0.29) is 6.10 Å². The number of nitrogens with one attached hydrogen (secondary N) is 2. The number of nitrogens with zero attached hydrogens (tertiary/aromatic N) is 3. The molecule has 0 saturated carbocycles. The minimum atomic E-state index is 0.125. The molecule has 0 radical (unpaired) electrons. The lowest BCUT2D eigenvalue weighted by molar-refractivity contribution is 0.185. The van der Waals surface area contributed by atoms with E-state index in [0.29, 0.717) is 30.8 Å². The number of pyridine rings is 1. The number of rotatable bonds is 12. The predicted octanol–water partition coefficient (Wildman–Crippen LogP) is 4.89. The molecule has 0 aliphatic rings. The van der Waals surface area contributed by atoms with Gasteiger partial charge in [0, 0.05) is 32.0 Å². The largest absolute Gasteiger partial charge is 0.472 e. The van der Waals surface area contributed by atoms with Gasteiger partial charge < -0.3 is 20.1 Å². The van der Waals surface area contributed by atoms with Crippen LogP contribution in [0.3, 0.4) is 0 Å². The van der Waals surface area contributed by atoms with Crippen LogP contribution in [-0.4, -0.2) is 48.4 Å². The zero-order valence-corrected chi connectivity index (χ0v) is 19.5. The van der Waals surface area contributed by atoms with Crippen molar-refractivity contribution in [2.24, 2.45) is 0 Å². The zero-order chi connectivity index (χ0) is 22.1. The van der Waals surface area contributed by atoms with Crippen molar-refractivity contribution in [3.63, 3.8) is 0 Å². The fourth-order valence-electron chi connectivity index (χ4n) is 3.17. The molecule has 7 nitrogen and oxygen atoms in total. The number of hydrogen-bond acceptors (Lipinski definition) is 7. The Morgan fingerprint density at radius 1 is 1.00 bits per heavy atom. The molecule has 30 heavy (non-hydrogen) atoms. The quantitative estimate of drug-likeness (QED) is 0.478. The molecule has 2 rings (SSSR count). The Morgan fingerprint density at radius 3 is 2.30 bits per heavy atom. The highest BCUT2D eigenvalue weighted by Crippen LogP contribution is 2.33. The molecule has 2 aromatic rings. The summed E-state index contributed by atoms with van der Waals surface area (Å²) >= 11 is 0. The molecular formula is C23H37N5O2. The van der Waals surface area contributed by atoms with E-state index in [4.69, 9.17) is 24.4 Å². The Kier molecular flexibility index (Phi) is 9.30. The van der Waals surface area contributed by atoms with Crippen LogP contribution in [0.4, 0.5) is 11.6 Å². The summed E-state index contributed by atoms with van der Waals surface area (Å²) in [5.41, 5.74) is 3.68. The van der Waals surface area contributed by atoms with Gasteiger partial charge in [-0.05, 0) is 37.3 Å². The third kappa shape index (κ3) is 5.81. The number of hydrogen-bond donors (Lipinski definition) is 2. The Balaban J connectivity index is 2.55. The van der Waals surface area contributed by atoms with E-state index in [9.17, 15) is 0 Å². The summed E-state index contributed by atoms with van der Waals surface area (Å²) in [6.45, 7) is 11.9. The maximum Gasteiger partial charge on any atom is 0.257 e. The van der Waals surface area contributed by atoms with E-state index in [2.05, 4.69) is 57.4 Å². The van der Waals surface area contributed by atoms with Gasteiger partial charge >= 0.3 is 0 Å². The Bertz CT molecular complexity index is 806. The molecule has 0 aliphatic heterocycles. The first-order valence-corrected chi connectivity index (χ1v) is 11.0. The van der Waals surface area contributed by atoms with Gasteiger partial charge in [-0.2, -0.15) is 0 Å². The average Bonchev–Trinajstić information content (AvgIpc) is 2.77. The second kappa shape index (κ2) is 11.7. The molecule has 0 fully saturated rings. The van der Waals surface area contributed by atoms with Crippen LogP contribution in [-0.2, 0) is 11.2 Å². The van der Waals surface area contributed by atoms with Gasteiger partial charge in [-0.3, -0.25) is 0 Å². The molecule has 2 heterocycles. The lowest BCUT2D eigenvalue weighted by Crippen LogP contribution is -2.17. The molecule has 2 N–H and O–H groups in total. The first kappa shape index (κ1) is 23.9. The Hall–Kier alpha value is -2.41. The molecule has 0 amide bonds. The van der Waals surface area contributed by atoms with Crippen molar-refractivity contribution < 1.29 is 9.47 Å². The van der Waals surface area contributed by atoms with Crippen LogP contribution in [0.1, 0.15) is 64.8 Å². The molecule has 0 atom stereocenters. The molecule has 0 unspecified atom stereocenters. The summed E-state index contributed by atoms with van der Waals surface area (Å²) in [5, 5.41) is 6.56. The van der Waals surface area contributed by atoms with Crippen molar-refractivity contribution in [3.8, 4) is 17.1 Å². The minimum absolute atomic E-state index is 0.125. The summed E-state index contributed by atoms with van der Waals surface area (Å²) in [5.74, 6) is 2.35. The van der Waals surface area contributed by atoms with Crippen molar-refractivity contribution in [2.45, 2.75) is 65.9 Å². The van der Waals surface area contributed by atoms with Crippen molar-refractivity contribution in [3.05, 3.63) is 23.5 Å². The molecule has 0 spiro atoms. The van der Waals surface area contributed by atoms with Crippen LogP contribution in [0.5, 0.6) is 5.88 Å². The van der Waals surface area contributed by atoms with Crippen molar-refractivity contribution in [1.82, 2.24) is 15.0 Å². The maximum atomic E-state index is 6.14. The van der Waals surface area contributed by atoms with Gasteiger partial charge in [0.05, 0.1) is 18.0 Å². The molecular weight excluding hydrogens is 378 g/mol. The Labute approximate surface area is 181 Å². The van der Waals surface area contributed by atoms with Crippen molar-refractivity contribution in [2.75, 3.05) is 37.9 Å². The van der Waals surface area contributed by atoms with Crippen LogP contribution in [0, 0.1) is 0 Å². The average molecular weight is 416 g/mol. The molecule has 0 aromatic carbocycles. The second-order valence-corrected chi connectivity index (χ2v) is 7.54. The highest BCUT2D eigenvalue weighted by atomic mass is 16.5. The molecule has 166 valence electrons. The summed E-state index contributed by atoms with van der Waals surface area (Å²) in [7, 11) is 3.54.